The summed E-state index contributed by atoms with van der Waals surface area (Å²) < 4.78 is 0. The van der Waals surface area contributed by atoms with Crippen LogP contribution in [0.2, 0.25) is 0 Å². The van der Waals surface area contributed by atoms with Gasteiger partial charge in [-0.1, -0.05) is 26.3 Å². The Labute approximate surface area is 138 Å². The molecule has 0 unspecified atom stereocenters. The van der Waals surface area contributed by atoms with Crippen LogP contribution in [0.15, 0.2) is 18.2 Å². The summed E-state index contributed by atoms with van der Waals surface area (Å²) in [6, 6.07) is 5.55. The van der Waals surface area contributed by atoms with Gasteiger partial charge in [-0.25, -0.2) is 4.79 Å². The largest absolute Gasteiger partial charge is 0.366 e. The molecule has 2 atom stereocenters. The topological polar surface area (TPSA) is 75.4 Å². The highest BCUT2D eigenvalue weighted by Crippen LogP contribution is 2.32. The highest BCUT2D eigenvalue weighted by molar-refractivity contribution is 5.96. The van der Waals surface area contributed by atoms with Crippen LogP contribution in [0.1, 0.15) is 56.0 Å². The van der Waals surface area contributed by atoms with Crippen LogP contribution in [0.25, 0.3) is 0 Å². The summed E-state index contributed by atoms with van der Waals surface area (Å²) in [6.07, 6.45) is 3.16. The van der Waals surface area contributed by atoms with Crippen molar-refractivity contribution in [1.29, 1.82) is 0 Å². The molecule has 0 saturated heterocycles. The van der Waals surface area contributed by atoms with E-state index >= 15 is 0 Å². The molecule has 1 fully saturated rings. The Bertz CT molecular complexity index is 596. The number of amides is 3. The first-order valence-corrected chi connectivity index (χ1v) is 8.34. The maximum Gasteiger partial charge on any atom is 0.322 e. The minimum absolute atomic E-state index is 0.0926. The van der Waals surface area contributed by atoms with Crippen LogP contribution in [0.5, 0.6) is 0 Å². The lowest BCUT2D eigenvalue weighted by Gasteiger charge is -2.33. The minimum atomic E-state index is -0.493. The van der Waals surface area contributed by atoms with Gasteiger partial charge in [-0.3, -0.25) is 4.79 Å². The molecule has 126 valence electrons. The summed E-state index contributed by atoms with van der Waals surface area (Å²) in [5.74, 6) is -0.0491. The van der Waals surface area contributed by atoms with Crippen molar-refractivity contribution in [3.05, 3.63) is 29.3 Å². The first-order valence-electron chi connectivity index (χ1n) is 8.34. The fraction of sp³-hybridized carbons (Fsp3) is 0.556. The van der Waals surface area contributed by atoms with Crippen LogP contribution >= 0.6 is 0 Å². The van der Waals surface area contributed by atoms with Crippen molar-refractivity contribution >= 4 is 17.6 Å². The number of rotatable bonds is 6. The number of carbonyl (C=O) groups excluding carboxylic acids is 2. The van der Waals surface area contributed by atoms with Crippen LogP contribution in [-0.2, 0) is 0 Å². The number of anilines is 1. The molecular formula is C18H27N3O2. The summed E-state index contributed by atoms with van der Waals surface area (Å²) in [5, 5.41) is 2.97. The lowest BCUT2D eigenvalue weighted by atomic mass is 9.99. The molecule has 23 heavy (non-hydrogen) atoms. The number of hydrogen-bond donors (Lipinski definition) is 2. The molecule has 0 bridgehead atoms. The Hall–Kier alpha value is -2.04. The third-order valence-corrected chi connectivity index (χ3v) is 4.84. The normalized spacial score (nSPS) is 16.5. The smallest absolute Gasteiger partial charge is 0.322 e. The van der Waals surface area contributed by atoms with Crippen molar-refractivity contribution in [2.24, 2.45) is 11.7 Å². The second-order valence-electron chi connectivity index (χ2n) is 6.59. The highest BCUT2D eigenvalue weighted by atomic mass is 16.2. The van der Waals surface area contributed by atoms with Crippen LogP contribution in [0.3, 0.4) is 0 Å². The maximum atomic E-state index is 12.8. The fourth-order valence-corrected chi connectivity index (χ4v) is 2.74. The lowest BCUT2D eigenvalue weighted by molar-refractivity contribution is 0.1000. The van der Waals surface area contributed by atoms with Crippen LogP contribution in [0.4, 0.5) is 10.5 Å². The molecule has 0 aromatic heterocycles. The summed E-state index contributed by atoms with van der Waals surface area (Å²) >= 11 is 0. The van der Waals surface area contributed by atoms with Crippen molar-refractivity contribution in [3.63, 3.8) is 0 Å². The van der Waals surface area contributed by atoms with Gasteiger partial charge < -0.3 is 16.0 Å². The molecule has 5 heteroatoms. The number of aryl methyl sites for hydroxylation is 1. The van der Waals surface area contributed by atoms with Crippen molar-refractivity contribution in [1.82, 2.24) is 4.90 Å². The predicted octanol–water partition coefficient (Wildman–Crippen LogP) is 3.52. The van der Waals surface area contributed by atoms with Gasteiger partial charge in [0.05, 0.1) is 0 Å². The molecule has 1 aliphatic carbocycles. The molecular weight excluding hydrogens is 290 g/mol. The molecule has 0 radical (unpaired) electrons. The molecule has 0 aliphatic heterocycles. The van der Waals surface area contributed by atoms with Crippen LogP contribution in [-0.4, -0.2) is 28.9 Å². The van der Waals surface area contributed by atoms with E-state index in [0.717, 1.165) is 24.8 Å². The SMILES string of the molecule is CC[C@@H](C)[C@@H](C)N(C(=O)Nc1cc(C(N)=O)ccc1C)C1CC1. The van der Waals surface area contributed by atoms with E-state index in [9.17, 15) is 9.59 Å². The van der Waals surface area contributed by atoms with Gasteiger partial charge in [0, 0.05) is 23.3 Å². The summed E-state index contributed by atoms with van der Waals surface area (Å²) in [5.41, 5.74) is 7.29. The zero-order valence-corrected chi connectivity index (χ0v) is 14.4. The van der Waals surface area contributed by atoms with Gasteiger partial charge in [0.2, 0.25) is 5.91 Å². The summed E-state index contributed by atoms with van der Waals surface area (Å²) in [7, 11) is 0. The number of nitrogens with zero attached hydrogens (tertiary/aromatic N) is 1. The molecule has 0 spiro atoms. The lowest BCUT2D eigenvalue weighted by Crippen LogP contribution is -2.45. The van der Waals surface area contributed by atoms with E-state index in [0.29, 0.717) is 23.2 Å². The second-order valence-corrected chi connectivity index (χ2v) is 6.59. The van der Waals surface area contributed by atoms with Crippen molar-refractivity contribution < 1.29 is 9.59 Å². The third kappa shape index (κ3) is 4.03. The van der Waals surface area contributed by atoms with Crippen LogP contribution < -0.4 is 11.1 Å². The minimum Gasteiger partial charge on any atom is -0.366 e. The Kier molecular flexibility index (Phi) is 5.29. The average Bonchev–Trinajstić information content (AvgIpc) is 3.33. The first-order chi connectivity index (χ1) is 10.8. The van der Waals surface area contributed by atoms with Crippen molar-refractivity contribution in [2.75, 3.05) is 5.32 Å². The third-order valence-electron chi connectivity index (χ3n) is 4.84. The fourth-order valence-electron chi connectivity index (χ4n) is 2.74. The number of carbonyl (C=O) groups is 2. The molecule has 1 aromatic carbocycles. The number of urea groups is 1. The van der Waals surface area contributed by atoms with Gasteiger partial charge >= 0.3 is 6.03 Å². The van der Waals surface area contributed by atoms with E-state index in [1.54, 1.807) is 18.2 Å². The molecule has 3 N–H and O–H groups in total. The monoisotopic (exact) mass is 317 g/mol. The Morgan fingerprint density at radius 1 is 1.35 bits per heavy atom. The predicted molar refractivity (Wildman–Crippen MR) is 92.5 cm³/mol. The zero-order valence-electron chi connectivity index (χ0n) is 14.4. The number of primary amides is 1. The maximum absolute atomic E-state index is 12.8. The number of benzene rings is 1. The van der Waals surface area contributed by atoms with E-state index < -0.39 is 5.91 Å². The van der Waals surface area contributed by atoms with E-state index in [2.05, 4.69) is 26.1 Å². The summed E-state index contributed by atoms with van der Waals surface area (Å²) in [4.78, 5) is 26.1. The van der Waals surface area contributed by atoms with E-state index in [4.69, 9.17) is 5.73 Å². The zero-order chi connectivity index (χ0) is 17.1. The average molecular weight is 317 g/mol. The van der Waals surface area contributed by atoms with Crippen molar-refractivity contribution in [2.45, 2.75) is 59.0 Å². The van der Waals surface area contributed by atoms with Gasteiger partial charge in [-0.2, -0.15) is 0 Å². The number of nitrogens with one attached hydrogen (secondary N) is 1. The molecule has 3 amide bonds. The number of hydrogen-bond acceptors (Lipinski definition) is 2. The molecule has 2 rings (SSSR count). The van der Waals surface area contributed by atoms with Gasteiger partial charge in [0.15, 0.2) is 0 Å². The summed E-state index contributed by atoms with van der Waals surface area (Å²) in [6.45, 7) is 8.33. The van der Waals surface area contributed by atoms with Crippen molar-refractivity contribution in [3.8, 4) is 0 Å². The Balaban J connectivity index is 2.19. The number of nitrogens with two attached hydrogens (primary N) is 1. The van der Waals surface area contributed by atoms with Gasteiger partial charge in [0.25, 0.3) is 0 Å². The van der Waals surface area contributed by atoms with Gasteiger partial charge in [-0.05, 0) is 50.3 Å². The Morgan fingerprint density at radius 2 is 2.00 bits per heavy atom. The quantitative estimate of drug-likeness (QED) is 0.842. The molecule has 1 saturated carbocycles. The van der Waals surface area contributed by atoms with E-state index in [1.165, 1.54) is 0 Å². The van der Waals surface area contributed by atoms with Crippen LogP contribution in [0, 0.1) is 12.8 Å². The second kappa shape index (κ2) is 7.02. The molecule has 0 heterocycles. The highest BCUT2D eigenvalue weighted by Gasteiger charge is 2.37. The Morgan fingerprint density at radius 3 is 2.52 bits per heavy atom. The standard InChI is InChI=1S/C18H27N3O2/c1-5-11(2)13(4)21(15-8-9-15)18(23)20-16-10-14(17(19)22)7-6-12(16)3/h6-7,10-11,13,15H,5,8-9H2,1-4H3,(H2,19,22)(H,20,23)/t11-,13-/m1/s1. The molecule has 1 aliphatic rings. The van der Waals surface area contributed by atoms with E-state index in [1.807, 2.05) is 11.8 Å². The van der Waals surface area contributed by atoms with Gasteiger partial charge in [0.1, 0.15) is 0 Å². The molecule has 5 nitrogen and oxygen atoms in total. The molecule has 1 aromatic rings. The van der Waals surface area contributed by atoms with Gasteiger partial charge in [-0.15, -0.1) is 0 Å². The van der Waals surface area contributed by atoms with E-state index in [-0.39, 0.29) is 12.1 Å². The first kappa shape index (κ1) is 17.3.